The van der Waals surface area contributed by atoms with E-state index in [-0.39, 0.29) is 5.75 Å². The molecule has 2 heterocycles. The van der Waals surface area contributed by atoms with E-state index in [4.69, 9.17) is 9.84 Å². The zero-order chi connectivity index (χ0) is 17.8. The third kappa shape index (κ3) is 10.1. The van der Waals surface area contributed by atoms with Gasteiger partial charge in [0.05, 0.1) is 18.0 Å². The molecule has 0 aliphatic rings. The van der Waals surface area contributed by atoms with Gasteiger partial charge in [0.25, 0.3) is 0 Å². The summed E-state index contributed by atoms with van der Waals surface area (Å²) in [4.78, 5) is 8.01. The molecule has 0 aromatic carbocycles. The summed E-state index contributed by atoms with van der Waals surface area (Å²) in [5.74, 6) is 1.08. The molecule has 0 radical (unpaired) electrons. The minimum atomic E-state index is 0.226. The van der Waals surface area contributed by atoms with Crippen LogP contribution >= 0.6 is 54.5 Å². The summed E-state index contributed by atoms with van der Waals surface area (Å²) >= 11 is 8.79. The van der Waals surface area contributed by atoms with Crippen LogP contribution in [0.15, 0.2) is 33.5 Å². The van der Waals surface area contributed by atoms with Gasteiger partial charge in [-0.15, -0.1) is 0 Å². The van der Waals surface area contributed by atoms with E-state index in [9.17, 15) is 0 Å². The fraction of sp³-hybridized carbons (Fsp3) is 0.375. The van der Waals surface area contributed by atoms with Crippen molar-refractivity contribution < 1.29 is 9.84 Å². The minimum Gasteiger partial charge on any atom is -0.506 e. The predicted octanol–water partition coefficient (Wildman–Crippen LogP) is 5.85. The van der Waals surface area contributed by atoms with Crippen LogP contribution in [0.4, 0.5) is 0 Å². The number of hydrogen-bond donors (Lipinski definition) is 1. The van der Waals surface area contributed by atoms with Crippen molar-refractivity contribution >= 4 is 54.5 Å². The lowest BCUT2D eigenvalue weighted by atomic mass is 10.3. The van der Waals surface area contributed by atoms with Gasteiger partial charge < -0.3 is 9.84 Å². The maximum absolute atomic E-state index is 9.01. The zero-order valence-electron chi connectivity index (χ0n) is 13.6. The van der Waals surface area contributed by atoms with Gasteiger partial charge in [-0.3, -0.25) is 9.97 Å². The van der Waals surface area contributed by atoms with E-state index in [0.717, 1.165) is 20.4 Å². The molecule has 0 spiro atoms. The molecule has 0 aliphatic carbocycles. The molecule has 7 heteroatoms. The second-order valence-corrected chi connectivity index (χ2v) is 7.55. The maximum atomic E-state index is 9.01. The average molecular weight is 560 g/mol. The van der Waals surface area contributed by atoms with Crippen LogP contribution in [0.1, 0.15) is 25.2 Å². The molecule has 0 fully saturated rings. The molecule has 128 valence electrons. The molecule has 2 rings (SSSR count). The maximum Gasteiger partial charge on any atom is 0.141 e. The molecule has 2 aromatic heterocycles. The van der Waals surface area contributed by atoms with Crippen LogP contribution in [-0.2, 0) is 0 Å². The summed E-state index contributed by atoms with van der Waals surface area (Å²) < 4.78 is 8.29. The first-order valence-corrected chi connectivity index (χ1v) is 10.1. The fourth-order valence-corrected chi connectivity index (χ4v) is 1.92. The van der Waals surface area contributed by atoms with Crippen LogP contribution < -0.4 is 4.74 Å². The van der Waals surface area contributed by atoms with E-state index in [1.54, 1.807) is 25.4 Å². The van der Waals surface area contributed by atoms with Gasteiger partial charge in [0.1, 0.15) is 11.5 Å². The number of nitrogens with zero attached hydrogens (tertiary/aromatic N) is 2. The highest BCUT2D eigenvalue weighted by Gasteiger charge is 1.99. The SMILES string of the molecule is CCI.CCOc1cc(Br)cnc1C.Cc1ncc(Br)cc1O. The van der Waals surface area contributed by atoms with E-state index >= 15 is 0 Å². The molecule has 0 bridgehead atoms. The van der Waals surface area contributed by atoms with Crippen molar-refractivity contribution in [2.24, 2.45) is 0 Å². The number of rotatable bonds is 2. The van der Waals surface area contributed by atoms with Crippen LogP contribution in [0.5, 0.6) is 11.5 Å². The van der Waals surface area contributed by atoms with Crippen molar-refractivity contribution in [3.8, 4) is 11.5 Å². The van der Waals surface area contributed by atoms with Crippen LogP contribution in [0, 0.1) is 13.8 Å². The highest BCUT2D eigenvalue weighted by Crippen LogP contribution is 2.20. The predicted molar refractivity (Wildman–Crippen MR) is 111 cm³/mol. The molecule has 0 atom stereocenters. The number of ether oxygens (including phenoxy) is 1. The second-order valence-electron chi connectivity index (χ2n) is 4.20. The molecule has 4 nitrogen and oxygen atoms in total. The molecule has 23 heavy (non-hydrogen) atoms. The van der Waals surface area contributed by atoms with Gasteiger partial charge >= 0.3 is 0 Å². The molecule has 2 aromatic rings. The van der Waals surface area contributed by atoms with Gasteiger partial charge in [0.2, 0.25) is 0 Å². The molecule has 0 saturated carbocycles. The van der Waals surface area contributed by atoms with Crippen molar-refractivity contribution in [1.82, 2.24) is 9.97 Å². The first-order valence-electron chi connectivity index (χ1n) is 6.97. The van der Waals surface area contributed by atoms with Crippen molar-refractivity contribution in [3.63, 3.8) is 0 Å². The zero-order valence-corrected chi connectivity index (χ0v) is 18.9. The van der Waals surface area contributed by atoms with Gasteiger partial charge in [0.15, 0.2) is 0 Å². The number of aromatic hydroxyl groups is 1. The van der Waals surface area contributed by atoms with Gasteiger partial charge in [-0.05, 0) is 69.2 Å². The fourth-order valence-electron chi connectivity index (χ4n) is 1.29. The number of alkyl halides is 1. The first kappa shape index (κ1) is 22.6. The Hall–Kier alpha value is -0.410. The van der Waals surface area contributed by atoms with E-state index in [2.05, 4.69) is 71.3 Å². The summed E-state index contributed by atoms with van der Waals surface area (Å²) in [6.45, 7) is 8.43. The minimum absolute atomic E-state index is 0.226. The quantitative estimate of drug-likeness (QED) is 0.370. The number of aryl methyl sites for hydroxylation is 2. The Morgan fingerprint density at radius 2 is 1.52 bits per heavy atom. The van der Waals surface area contributed by atoms with Gasteiger partial charge in [-0.1, -0.05) is 29.5 Å². The summed E-state index contributed by atoms with van der Waals surface area (Å²) in [5.41, 5.74) is 1.58. The molecule has 0 aliphatic heterocycles. The lowest BCUT2D eigenvalue weighted by Crippen LogP contribution is -1.95. The second kappa shape index (κ2) is 12.9. The molecule has 0 unspecified atom stereocenters. The number of pyridine rings is 2. The van der Waals surface area contributed by atoms with Gasteiger partial charge in [-0.2, -0.15) is 0 Å². The third-order valence-corrected chi connectivity index (χ3v) is 3.20. The van der Waals surface area contributed by atoms with E-state index in [1.165, 1.54) is 4.43 Å². The van der Waals surface area contributed by atoms with Crippen molar-refractivity contribution in [2.75, 3.05) is 11.0 Å². The monoisotopic (exact) mass is 558 g/mol. The van der Waals surface area contributed by atoms with Crippen molar-refractivity contribution in [3.05, 3.63) is 44.9 Å². The van der Waals surface area contributed by atoms with Crippen LogP contribution in [0.25, 0.3) is 0 Å². The molecular weight excluding hydrogens is 539 g/mol. The average Bonchev–Trinajstić information content (AvgIpc) is 2.49. The van der Waals surface area contributed by atoms with Crippen LogP contribution in [-0.4, -0.2) is 26.1 Å². The molecule has 0 saturated heterocycles. The van der Waals surface area contributed by atoms with E-state index < -0.39 is 0 Å². The Balaban J connectivity index is 0.000000365. The molecular formula is C16H21Br2IN2O2. The Kier molecular flexibility index (Phi) is 12.7. The normalized spacial score (nSPS) is 9.17. The molecule has 0 amide bonds. The Bertz CT molecular complexity index is 598. The van der Waals surface area contributed by atoms with Crippen molar-refractivity contribution in [2.45, 2.75) is 27.7 Å². The number of halogens is 3. The third-order valence-electron chi connectivity index (χ3n) is 2.33. The Morgan fingerprint density at radius 1 is 1.04 bits per heavy atom. The lowest BCUT2D eigenvalue weighted by Gasteiger charge is -2.05. The standard InChI is InChI=1S/C8H10BrNO.C6H6BrNO.C2H5I/c1-3-11-8-4-7(9)5-10-6(8)2;1-4-6(9)2-5(7)3-8-4;1-2-3/h4-5H,3H2,1-2H3;2-3,9H,1H3;2H2,1H3. The highest BCUT2D eigenvalue weighted by molar-refractivity contribution is 14.1. The smallest absolute Gasteiger partial charge is 0.141 e. The first-order chi connectivity index (χ1) is 10.8. The summed E-state index contributed by atoms with van der Waals surface area (Å²) in [7, 11) is 0. The summed E-state index contributed by atoms with van der Waals surface area (Å²) in [6.07, 6.45) is 3.41. The largest absolute Gasteiger partial charge is 0.506 e. The Morgan fingerprint density at radius 3 is 1.96 bits per heavy atom. The van der Waals surface area contributed by atoms with Gasteiger partial charge in [0, 0.05) is 21.3 Å². The summed E-state index contributed by atoms with van der Waals surface area (Å²) in [6, 6.07) is 3.54. The Labute approximate surface area is 168 Å². The van der Waals surface area contributed by atoms with Gasteiger partial charge in [-0.25, -0.2) is 0 Å². The van der Waals surface area contributed by atoms with Crippen LogP contribution in [0.2, 0.25) is 0 Å². The summed E-state index contributed by atoms with van der Waals surface area (Å²) in [5, 5.41) is 9.01. The highest BCUT2D eigenvalue weighted by atomic mass is 127. The van der Waals surface area contributed by atoms with E-state index in [0.29, 0.717) is 12.3 Å². The lowest BCUT2D eigenvalue weighted by molar-refractivity contribution is 0.336. The van der Waals surface area contributed by atoms with Crippen LogP contribution in [0.3, 0.4) is 0 Å². The number of aromatic nitrogens is 2. The van der Waals surface area contributed by atoms with Crippen molar-refractivity contribution in [1.29, 1.82) is 0 Å². The molecule has 1 N–H and O–H groups in total. The number of hydrogen-bond acceptors (Lipinski definition) is 4. The topological polar surface area (TPSA) is 55.2 Å². The van der Waals surface area contributed by atoms with E-state index in [1.807, 2.05) is 19.9 Å².